The maximum atomic E-state index is 12.0. The first-order chi connectivity index (χ1) is 12.7. The summed E-state index contributed by atoms with van der Waals surface area (Å²) in [4.78, 5) is 3.62. The zero-order chi connectivity index (χ0) is 20.0. The van der Waals surface area contributed by atoms with Crippen LogP contribution in [0.15, 0.2) is 30.3 Å². The molecular weight excluding hydrogens is 378 g/mol. The number of rotatable bonds is 8. The van der Waals surface area contributed by atoms with Crippen LogP contribution in [0, 0.1) is 0 Å². The lowest BCUT2D eigenvalue weighted by atomic mass is 10.2. The highest BCUT2D eigenvalue weighted by atomic mass is 32.2. The Labute approximate surface area is 170 Å². The van der Waals surface area contributed by atoms with Crippen LogP contribution >= 0.6 is 12.2 Å². The Kier molecular flexibility index (Phi) is 8.06. The minimum Gasteiger partial charge on any atom is -0.358 e. The first-order valence-corrected chi connectivity index (χ1v) is 12.1. The van der Waals surface area contributed by atoms with Gasteiger partial charge in [-0.2, -0.15) is 0 Å². The molecule has 1 aromatic rings. The van der Waals surface area contributed by atoms with Crippen molar-refractivity contribution in [3.05, 3.63) is 35.9 Å². The van der Waals surface area contributed by atoms with Crippen LogP contribution in [0.25, 0.3) is 0 Å². The van der Waals surface area contributed by atoms with Gasteiger partial charge in [-0.25, -0.2) is 8.42 Å². The van der Waals surface area contributed by atoms with E-state index in [4.69, 9.17) is 12.2 Å². The molecule has 7 heteroatoms. The number of nitrogens with one attached hydrogen (secondary N) is 2. The average Bonchev–Trinajstić information content (AvgIpc) is 2.96. The zero-order valence-electron chi connectivity index (χ0n) is 16.9. The van der Waals surface area contributed by atoms with Gasteiger partial charge in [-0.05, 0) is 51.9 Å². The summed E-state index contributed by atoms with van der Waals surface area (Å²) in [6.45, 7) is 11.3. The van der Waals surface area contributed by atoms with E-state index in [1.807, 2.05) is 18.2 Å². The Bertz CT molecular complexity index is 697. The number of quaternary nitrogens is 1. The van der Waals surface area contributed by atoms with Crippen molar-refractivity contribution in [2.75, 3.05) is 24.6 Å². The van der Waals surface area contributed by atoms with Gasteiger partial charge in [0.15, 0.2) is 14.9 Å². The lowest BCUT2D eigenvalue weighted by molar-refractivity contribution is -0.941. The predicted molar refractivity (Wildman–Crippen MR) is 116 cm³/mol. The highest BCUT2D eigenvalue weighted by molar-refractivity contribution is 7.91. The number of nitrogens with zero attached hydrogens (tertiary/aromatic N) is 1. The maximum absolute atomic E-state index is 12.0. The summed E-state index contributed by atoms with van der Waals surface area (Å²) in [5, 5.41) is 4.00. The van der Waals surface area contributed by atoms with E-state index in [-0.39, 0.29) is 17.5 Å². The van der Waals surface area contributed by atoms with Crippen molar-refractivity contribution in [1.29, 1.82) is 0 Å². The van der Waals surface area contributed by atoms with Gasteiger partial charge in [-0.1, -0.05) is 30.3 Å². The number of thiocarbonyl (C=S) groups is 1. The molecule has 1 atom stereocenters. The quantitative estimate of drug-likeness (QED) is 0.630. The molecule has 5 nitrogen and oxygen atoms in total. The SMILES string of the molecule is CC(C)[NH+](CCN(C(=S)NCc1ccccc1)[C@H]1CCS(=O)(=O)C1)C(C)C. The van der Waals surface area contributed by atoms with E-state index >= 15 is 0 Å². The van der Waals surface area contributed by atoms with Crippen LogP contribution in [0.4, 0.5) is 0 Å². The van der Waals surface area contributed by atoms with Gasteiger partial charge in [-0.15, -0.1) is 0 Å². The fraction of sp³-hybridized carbons (Fsp3) is 0.650. The molecule has 0 radical (unpaired) electrons. The summed E-state index contributed by atoms with van der Waals surface area (Å²) in [7, 11) is -2.95. The highest BCUT2D eigenvalue weighted by Crippen LogP contribution is 2.18. The van der Waals surface area contributed by atoms with Gasteiger partial charge >= 0.3 is 0 Å². The van der Waals surface area contributed by atoms with E-state index in [1.165, 1.54) is 4.90 Å². The minimum atomic E-state index is -2.95. The molecule has 2 rings (SSSR count). The van der Waals surface area contributed by atoms with Crippen molar-refractivity contribution < 1.29 is 13.3 Å². The van der Waals surface area contributed by atoms with Crippen LogP contribution < -0.4 is 10.2 Å². The molecule has 1 saturated heterocycles. The molecule has 27 heavy (non-hydrogen) atoms. The lowest BCUT2D eigenvalue weighted by Gasteiger charge is -2.34. The van der Waals surface area contributed by atoms with Gasteiger partial charge < -0.3 is 15.1 Å². The molecule has 1 fully saturated rings. The van der Waals surface area contributed by atoms with E-state index in [9.17, 15) is 8.42 Å². The first kappa shape index (κ1) is 22.1. The summed E-state index contributed by atoms with van der Waals surface area (Å²) in [5.74, 6) is 0.471. The van der Waals surface area contributed by atoms with Crippen molar-refractivity contribution in [2.45, 2.75) is 58.8 Å². The van der Waals surface area contributed by atoms with Crippen LogP contribution in [0.3, 0.4) is 0 Å². The topological polar surface area (TPSA) is 53.9 Å². The molecule has 1 heterocycles. The summed E-state index contributed by atoms with van der Waals surface area (Å²) in [6.07, 6.45) is 0.661. The summed E-state index contributed by atoms with van der Waals surface area (Å²) in [5.41, 5.74) is 1.16. The van der Waals surface area contributed by atoms with Crippen LogP contribution in [-0.4, -0.2) is 61.2 Å². The molecule has 2 N–H and O–H groups in total. The lowest BCUT2D eigenvalue weighted by Crippen LogP contribution is -3.18. The fourth-order valence-corrected chi connectivity index (χ4v) is 5.88. The summed E-state index contributed by atoms with van der Waals surface area (Å²) >= 11 is 5.68. The summed E-state index contributed by atoms with van der Waals surface area (Å²) in [6, 6.07) is 11.1. The van der Waals surface area contributed by atoms with Crippen molar-refractivity contribution in [3.63, 3.8) is 0 Å². The van der Waals surface area contributed by atoms with Crippen molar-refractivity contribution in [2.24, 2.45) is 0 Å². The van der Waals surface area contributed by atoms with Gasteiger partial charge in [0.1, 0.15) is 0 Å². The van der Waals surface area contributed by atoms with Crippen molar-refractivity contribution in [3.8, 4) is 0 Å². The van der Waals surface area contributed by atoms with Crippen molar-refractivity contribution in [1.82, 2.24) is 10.2 Å². The Morgan fingerprint density at radius 2 is 1.85 bits per heavy atom. The molecule has 0 spiro atoms. The molecule has 0 amide bonds. The Morgan fingerprint density at radius 1 is 1.22 bits per heavy atom. The van der Waals surface area contributed by atoms with Crippen molar-refractivity contribution >= 4 is 27.2 Å². The third-order valence-electron chi connectivity index (χ3n) is 5.32. The maximum Gasteiger partial charge on any atom is 0.169 e. The predicted octanol–water partition coefficient (Wildman–Crippen LogP) is 1.25. The normalized spacial score (nSPS) is 19.0. The Morgan fingerprint density at radius 3 is 2.37 bits per heavy atom. The van der Waals surface area contributed by atoms with E-state index in [0.717, 1.165) is 18.7 Å². The van der Waals surface area contributed by atoms with E-state index < -0.39 is 9.84 Å². The number of sulfone groups is 1. The molecule has 0 aromatic heterocycles. The first-order valence-electron chi connectivity index (χ1n) is 9.84. The Hall–Kier alpha value is -1.18. The fourth-order valence-electron chi connectivity index (χ4n) is 3.84. The standard InChI is InChI=1S/C20H33N3O2S2/c1-16(2)22(17(3)4)11-12-23(19-10-13-27(24,25)15-19)20(26)21-14-18-8-6-5-7-9-18/h5-9,16-17,19H,10-15H2,1-4H3,(H,21,26)/p+1/t19-/m0/s1. The van der Waals surface area contributed by atoms with Gasteiger partial charge in [0.2, 0.25) is 0 Å². The number of hydrogen-bond donors (Lipinski definition) is 2. The second kappa shape index (κ2) is 9.85. The molecule has 0 saturated carbocycles. The highest BCUT2D eigenvalue weighted by Gasteiger charge is 2.34. The molecule has 0 aliphatic carbocycles. The molecule has 0 unspecified atom stereocenters. The van der Waals surface area contributed by atoms with Gasteiger partial charge in [-0.3, -0.25) is 0 Å². The van der Waals surface area contributed by atoms with Crippen LogP contribution in [0.1, 0.15) is 39.7 Å². The molecule has 1 aromatic carbocycles. The molecular formula is C20H34N3O2S2+. The smallest absolute Gasteiger partial charge is 0.169 e. The number of benzene rings is 1. The van der Waals surface area contributed by atoms with Gasteiger partial charge in [0.25, 0.3) is 0 Å². The van der Waals surface area contributed by atoms with E-state index in [0.29, 0.717) is 30.2 Å². The van der Waals surface area contributed by atoms with Gasteiger partial charge in [0.05, 0.1) is 36.7 Å². The zero-order valence-corrected chi connectivity index (χ0v) is 18.6. The van der Waals surface area contributed by atoms with E-state index in [2.05, 4.69) is 50.0 Å². The molecule has 1 aliphatic rings. The van der Waals surface area contributed by atoms with E-state index in [1.54, 1.807) is 0 Å². The molecule has 1 aliphatic heterocycles. The third kappa shape index (κ3) is 6.73. The second-order valence-corrected chi connectivity index (χ2v) is 10.6. The third-order valence-corrected chi connectivity index (χ3v) is 7.45. The van der Waals surface area contributed by atoms with Crippen LogP contribution in [0.5, 0.6) is 0 Å². The molecule has 0 bridgehead atoms. The molecule has 152 valence electrons. The second-order valence-electron chi connectivity index (χ2n) is 8.03. The Balaban J connectivity index is 2.05. The minimum absolute atomic E-state index is 0.0219. The average molecular weight is 413 g/mol. The van der Waals surface area contributed by atoms with Crippen LogP contribution in [-0.2, 0) is 16.4 Å². The number of hydrogen-bond acceptors (Lipinski definition) is 3. The largest absolute Gasteiger partial charge is 0.358 e. The van der Waals surface area contributed by atoms with Gasteiger partial charge in [0, 0.05) is 12.6 Å². The summed E-state index contributed by atoms with van der Waals surface area (Å²) < 4.78 is 24.0. The monoisotopic (exact) mass is 412 g/mol. The van der Waals surface area contributed by atoms with Crippen LogP contribution in [0.2, 0.25) is 0 Å².